The highest BCUT2D eigenvalue weighted by Gasteiger charge is 2.44. The van der Waals surface area contributed by atoms with Crippen LogP contribution in [0.15, 0.2) is 0 Å². The molecule has 16 heavy (non-hydrogen) atoms. The normalized spacial score (nSPS) is 22.8. The van der Waals surface area contributed by atoms with E-state index < -0.39 is 12.1 Å². The summed E-state index contributed by atoms with van der Waals surface area (Å²) >= 11 is 0. The van der Waals surface area contributed by atoms with Crippen molar-refractivity contribution in [1.29, 1.82) is 0 Å². The molecule has 3 nitrogen and oxygen atoms in total. The maximum atomic E-state index is 12.2. The zero-order valence-electron chi connectivity index (χ0n) is 9.71. The molecule has 0 radical (unpaired) electrons. The zero-order chi connectivity index (χ0) is 12.5. The van der Waals surface area contributed by atoms with Crippen LogP contribution in [0.25, 0.3) is 0 Å². The third-order valence-corrected chi connectivity index (χ3v) is 3.04. The van der Waals surface area contributed by atoms with Gasteiger partial charge in [-0.2, -0.15) is 13.2 Å². The molecule has 0 N–H and O–H groups in total. The van der Waals surface area contributed by atoms with Crippen molar-refractivity contribution >= 4 is 5.91 Å². The Morgan fingerprint density at radius 3 is 2.38 bits per heavy atom. The van der Waals surface area contributed by atoms with Gasteiger partial charge >= 0.3 is 12.1 Å². The van der Waals surface area contributed by atoms with Gasteiger partial charge in [-0.3, -0.25) is 9.69 Å². The fraction of sp³-hybridized carbons (Fsp3) is 0.900. The highest BCUT2D eigenvalue weighted by molar-refractivity contribution is 5.81. The van der Waals surface area contributed by atoms with Crippen molar-refractivity contribution in [2.75, 3.05) is 20.1 Å². The summed E-state index contributed by atoms with van der Waals surface area (Å²) in [4.78, 5) is 13.9. The van der Waals surface area contributed by atoms with E-state index in [1.165, 1.54) is 7.05 Å². The average molecular weight is 238 g/mol. The highest BCUT2D eigenvalue weighted by Crippen LogP contribution is 2.23. The van der Waals surface area contributed by atoms with Gasteiger partial charge in [0, 0.05) is 32.2 Å². The van der Waals surface area contributed by atoms with E-state index in [-0.39, 0.29) is 6.04 Å². The number of hydrogen-bond donors (Lipinski definition) is 0. The van der Waals surface area contributed by atoms with Crippen molar-refractivity contribution in [2.45, 2.75) is 38.5 Å². The van der Waals surface area contributed by atoms with Crippen LogP contribution in [-0.4, -0.2) is 54.1 Å². The minimum Gasteiger partial charge on any atom is -0.334 e. The Morgan fingerprint density at radius 1 is 1.44 bits per heavy atom. The number of likely N-dealkylation sites (tertiary alicyclic amines) is 1. The quantitative estimate of drug-likeness (QED) is 0.727. The number of carbonyl (C=O) groups excluding carboxylic acids is 1. The predicted molar refractivity (Wildman–Crippen MR) is 53.9 cm³/mol. The van der Waals surface area contributed by atoms with E-state index in [0.29, 0.717) is 19.0 Å². The Labute approximate surface area is 93.2 Å². The minimum absolute atomic E-state index is 0.305. The lowest BCUT2D eigenvalue weighted by atomic mass is 10.2. The number of alkyl halides is 3. The Kier molecular flexibility index (Phi) is 3.83. The van der Waals surface area contributed by atoms with Crippen molar-refractivity contribution < 1.29 is 18.0 Å². The SMILES string of the molecule is CC(C)N1CC[C@H](N(C)C(=O)C(F)(F)F)C1. The smallest absolute Gasteiger partial charge is 0.334 e. The maximum absolute atomic E-state index is 12.2. The van der Waals surface area contributed by atoms with E-state index in [0.717, 1.165) is 11.4 Å². The molecular formula is C10H17F3N2O. The number of likely N-dealkylation sites (N-methyl/N-ethyl adjacent to an activating group) is 1. The molecule has 1 aliphatic heterocycles. The number of halogens is 3. The predicted octanol–water partition coefficient (Wildman–Crippen LogP) is 1.49. The number of rotatable bonds is 2. The first-order chi connectivity index (χ1) is 7.23. The van der Waals surface area contributed by atoms with Gasteiger partial charge in [0.1, 0.15) is 0 Å². The van der Waals surface area contributed by atoms with Crippen molar-refractivity contribution in [3.63, 3.8) is 0 Å². The van der Waals surface area contributed by atoms with Gasteiger partial charge in [0.2, 0.25) is 0 Å². The third-order valence-electron chi connectivity index (χ3n) is 3.04. The average Bonchev–Trinajstić information content (AvgIpc) is 2.62. The fourth-order valence-corrected chi connectivity index (χ4v) is 1.92. The largest absolute Gasteiger partial charge is 0.471 e. The summed E-state index contributed by atoms with van der Waals surface area (Å²) in [7, 11) is 1.23. The molecule has 1 rings (SSSR count). The van der Waals surface area contributed by atoms with E-state index in [1.807, 2.05) is 13.8 Å². The fourth-order valence-electron chi connectivity index (χ4n) is 1.92. The van der Waals surface area contributed by atoms with E-state index in [9.17, 15) is 18.0 Å². The van der Waals surface area contributed by atoms with Crippen LogP contribution in [0, 0.1) is 0 Å². The van der Waals surface area contributed by atoms with Crippen molar-refractivity contribution in [1.82, 2.24) is 9.80 Å². The Balaban J connectivity index is 2.57. The molecule has 1 amide bonds. The number of carbonyl (C=O) groups is 1. The number of nitrogens with zero attached hydrogens (tertiary/aromatic N) is 2. The van der Waals surface area contributed by atoms with Crippen LogP contribution < -0.4 is 0 Å². The Morgan fingerprint density at radius 2 is 2.00 bits per heavy atom. The second-order valence-electron chi connectivity index (χ2n) is 4.44. The lowest BCUT2D eigenvalue weighted by Gasteiger charge is -2.26. The zero-order valence-corrected chi connectivity index (χ0v) is 9.71. The van der Waals surface area contributed by atoms with Gasteiger partial charge in [0.25, 0.3) is 0 Å². The molecule has 0 unspecified atom stereocenters. The molecule has 1 saturated heterocycles. The molecule has 1 fully saturated rings. The molecule has 0 spiro atoms. The van der Waals surface area contributed by atoms with Crippen molar-refractivity contribution in [3.05, 3.63) is 0 Å². The molecule has 94 valence electrons. The molecule has 0 aromatic heterocycles. The van der Waals surface area contributed by atoms with Crippen LogP contribution in [0.5, 0.6) is 0 Å². The molecule has 0 aromatic rings. The molecule has 0 saturated carbocycles. The molecule has 1 heterocycles. The topological polar surface area (TPSA) is 23.6 Å². The first kappa shape index (κ1) is 13.3. The molecule has 0 aromatic carbocycles. The van der Waals surface area contributed by atoms with E-state index in [2.05, 4.69) is 4.90 Å². The Hall–Kier alpha value is -0.780. The van der Waals surface area contributed by atoms with Crippen LogP contribution in [0.2, 0.25) is 0 Å². The summed E-state index contributed by atoms with van der Waals surface area (Å²) in [5.74, 6) is -1.75. The summed E-state index contributed by atoms with van der Waals surface area (Å²) in [5.41, 5.74) is 0. The first-order valence-corrected chi connectivity index (χ1v) is 5.31. The van der Waals surface area contributed by atoms with Crippen LogP contribution in [0.3, 0.4) is 0 Å². The number of amides is 1. The Bertz CT molecular complexity index is 265. The van der Waals surface area contributed by atoms with Crippen molar-refractivity contribution in [3.8, 4) is 0 Å². The molecule has 1 aliphatic rings. The van der Waals surface area contributed by atoms with Crippen molar-refractivity contribution in [2.24, 2.45) is 0 Å². The second kappa shape index (κ2) is 4.61. The first-order valence-electron chi connectivity index (χ1n) is 5.31. The van der Waals surface area contributed by atoms with Crippen LogP contribution in [0.4, 0.5) is 13.2 Å². The van der Waals surface area contributed by atoms with E-state index in [4.69, 9.17) is 0 Å². The van der Waals surface area contributed by atoms with Crippen LogP contribution >= 0.6 is 0 Å². The molecule has 6 heteroatoms. The van der Waals surface area contributed by atoms with Crippen LogP contribution in [0.1, 0.15) is 20.3 Å². The summed E-state index contributed by atoms with van der Waals surface area (Å²) in [6.07, 6.45) is -4.16. The second-order valence-corrected chi connectivity index (χ2v) is 4.44. The molecule has 0 bridgehead atoms. The summed E-state index contributed by atoms with van der Waals surface area (Å²) in [5, 5.41) is 0. The summed E-state index contributed by atoms with van der Waals surface area (Å²) in [6.45, 7) is 5.26. The van der Waals surface area contributed by atoms with Gasteiger partial charge < -0.3 is 4.90 Å². The number of hydrogen-bond acceptors (Lipinski definition) is 2. The minimum atomic E-state index is -4.76. The highest BCUT2D eigenvalue weighted by atomic mass is 19.4. The molecule has 0 aliphatic carbocycles. The maximum Gasteiger partial charge on any atom is 0.471 e. The van der Waals surface area contributed by atoms with Gasteiger partial charge in [-0.05, 0) is 20.3 Å². The van der Waals surface area contributed by atoms with Gasteiger partial charge in [0.15, 0.2) is 0 Å². The standard InChI is InChI=1S/C10H17F3N2O/c1-7(2)15-5-4-8(6-15)14(3)9(16)10(11,12)13/h7-8H,4-6H2,1-3H3/t8-/m0/s1. The lowest BCUT2D eigenvalue weighted by molar-refractivity contribution is -0.186. The summed E-state index contributed by atoms with van der Waals surface area (Å²) < 4.78 is 36.6. The molecule has 1 atom stereocenters. The lowest BCUT2D eigenvalue weighted by Crippen LogP contribution is -2.46. The summed E-state index contributed by atoms with van der Waals surface area (Å²) in [6, 6.07) is -0.0177. The third kappa shape index (κ3) is 2.87. The van der Waals surface area contributed by atoms with Gasteiger partial charge in [0.05, 0.1) is 0 Å². The van der Waals surface area contributed by atoms with E-state index in [1.54, 1.807) is 0 Å². The van der Waals surface area contributed by atoms with Gasteiger partial charge in [-0.1, -0.05) is 0 Å². The molecular weight excluding hydrogens is 221 g/mol. The monoisotopic (exact) mass is 238 g/mol. The van der Waals surface area contributed by atoms with Gasteiger partial charge in [-0.25, -0.2) is 0 Å². The van der Waals surface area contributed by atoms with E-state index >= 15 is 0 Å². The van der Waals surface area contributed by atoms with Crippen LogP contribution in [-0.2, 0) is 4.79 Å². The van der Waals surface area contributed by atoms with Gasteiger partial charge in [-0.15, -0.1) is 0 Å².